The van der Waals surface area contributed by atoms with Crippen LogP contribution >= 0.6 is 0 Å². The monoisotopic (exact) mass is 264 g/mol. The first-order valence-electron chi connectivity index (χ1n) is 6.98. The van der Waals surface area contributed by atoms with Crippen molar-refractivity contribution in [1.82, 2.24) is 9.97 Å². The average molecular weight is 264 g/mol. The van der Waals surface area contributed by atoms with Gasteiger partial charge in [0.2, 0.25) is 0 Å². The molecule has 1 heterocycles. The lowest BCUT2D eigenvalue weighted by Crippen LogP contribution is -2.13. The van der Waals surface area contributed by atoms with Crippen molar-refractivity contribution in [3.05, 3.63) is 23.3 Å². The molecule has 0 aliphatic rings. The third-order valence-corrected chi connectivity index (χ3v) is 2.86. The van der Waals surface area contributed by atoms with E-state index in [4.69, 9.17) is 4.74 Å². The summed E-state index contributed by atoms with van der Waals surface area (Å²) in [6, 6.07) is 0. The Hall–Kier alpha value is -1.45. The Labute approximate surface area is 115 Å². The van der Waals surface area contributed by atoms with Gasteiger partial charge in [0.05, 0.1) is 17.9 Å². The highest BCUT2D eigenvalue weighted by molar-refractivity contribution is 5.90. The standard InChI is InChI=1S/C15H24N2O2/c1-6-19-15(18)12-9-16-13(8-7-10(2)3)17-14(12)11(4)5/h9-11H,6-8H2,1-5H3. The predicted molar refractivity (Wildman–Crippen MR) is 75.2 cm³/mol. The minimum absolute atomic E-state index is 0.181. The smallest absolute Gasteiger partial charge is 0.341 e. The summed E-state index contributed by atoms with van der Waals surface area (Å²) in [5.74, 6) is 1.28. The first kappa shape index (κ1) is 15.6. The van der Waals surface area contributed by atoms with Crippen LogP contribution < -0.4 is 0 Å². The highest BCUT2D eigenvalue weighted by Crippen LogP contribution is 2.18. The van der Waals surface area contributed by atoms with E-state index in [0.717, 1.165) is 24.4 Å². The normalized spacial score (nSPS) is 11.1. The van der Waals surface area contributed by atoms with Gasteiger partial charge in [-0.1, -0.05) is 27.7 Å². The van der Waals surface area contributed by atoms with E-state index in [9.17, 15) is 4.79 Å². The molecule has 0 atom stereocenters. The van der Waals surface area contributed by atoms with Gasteiger partial charge in [0.15, 0.2) is 0 Å². The first-order chi connectivity index (χ1) is 8.95. The van der Waals surface area contributed by atoms with Crippen LogP contribution in [0.4, 0.5) is 0 Å². The largest absolute Gasteiger partial charge is 0.462 e. The Balaban J connectivity index is 2.97. The molecule has 0 amide bonds. The molecule has 1 aromatic rings. The van der Waals surface area contributed by atoms with Crippen molar-refractivity contribution in [3.8, 4) is 0 Å². The number of hydrogen-bond acceptors (Lipinski definition) is 4. The SMILES string of the molecule is CCOC(=O)c1cnc(CCC(C)C)nc1C(C)C. The number of carbonyl (C=O) groups excluding carboxylic acids is 1. The molecule has 0 bridgehead atoms. The van der Waals surface area contributed by atoms with E-state index in [1.54, 1.807) is 13.1 Å². The van der Waals surface area contributed by atoms with E-state index in [0.29, 0.717) is 18.1 Å². The Morgan fingerprint density at radius 2 is 2.00 bits per heavy atom. The fourth-order valence-electron chi connectivity index (χ4n) is 1.78. The molecule has 0 radical (unpaired) electrons. The van der Waals surface area contributed by atoms with Crippen LogP contribution in [0.3, 0.4) is 0 Å². The lowest BCUT2D eigenvalue weighted by molar-refractivity contribution is 0.0523. The van der Waals surface area contributed by atoms with E-state index in [2.05, 4.69) is 23.8 Å². The Morgan fingerprint density at radius 3 is 2.53 bits per heavy atom. The molecule has 0 aliphatic carbocycles. The maximum Gasteiger partial charge on any atom is 0.341 e. The Morgan fingerprint density at radius 1 is 1.32 bits per heavy atom. The van der Waals surface area contributed by atoms with Crippen LogP contribution in [0.15, 0.2) is 6.20 Å². The summed E-state index contributed by atoms with van der Waals surface area (Å²) >= 11 is 0. The number of aromatic nitrogens is 2. The molecule has 0 fully saturated rings. The molecule has 0 aromatic carbocycles. The zero-order valence-corrected chi connectivity index (χ0v) is 12.6. The van der Waals surface area contributed by atoms with E-state index in [1.807, 2.05) is 13.8 Å². The minimum atomic E-state index is -0.332. The summed E-state index contributed by atoms with van der Waals surface area (Å²) in [4.78, 5) is 20.7. The quantitative estimate of drug-likeness (QED) is 0.739. The van der Waals surface area contributed by atoms with Gasteiger partial charge in [-0.2, -0.15) is 0 Å². The second-order valence-corrected chi connectivity index (χ2v) is 5.39. The Bertz CT molecular complexity index is 428. The molecule has 0 unspecified atom stereocenters. The van der Waals surface area contributed by atoms with Gasteiger partial charge in [0, 0.05) is 12.6 Å². The fraction of sp³-hybridized carbons (Fsp3) is 0.667. The zero-order valence-electron chi connectivity index (χ0n) is 12.6. The van der Waals surface area contributed by atoms with Gasteiger partial charge in [0.25, 0.3) is 0 Å². The molecular weight excluding hydrogens is 240 g/mol. The molecule has 1 rings (SSSR count). The molecular formula is C15H24N2O2. The molecule has 1 aromatic heterocycles. The van der Waals surface area contributed by atoms with Crippen LogP contribution in [-0.4, -0.2) is 22.5 Å². The fourth-order valence-corrected chi connectivity index (χ4v) is 1.78. The Kier molecular flexibility index (Phi) is 5.93. The van der Waals surface area contributed by atoms with Crippen LogP contribution in [0.25, 0.3) is 0 Å². The van der Waals surface area contributed by atoms with E-state index < -0.39 is 0 Å². The van der Waals surface area contributed by atoms with Crippen molar-refractivity contribution in [2.75, 3.05) is 6.61 Å². The van der Waals surface area contributed by atoms with Crippen LogP contribution in [0.1, 0.15) is 68.8 Å². The highest BCUT2D eigenvalue weighted by Gasteiger charge is 2.18. The molecule has 0 saturated heterocycles. The lowest BCUT2D eigenvalue weighted by Gasteiger charge is -2.12. The van der Waals surface area contributed by atoms with Gasteiger partial charge < -0.3 is 4.74 Å². The minimum Gasteiger partial charge on any atom is -0.462 e. The van der Waals surface area contributed by atoms with Crippen molar-refractivity contribution < 1.29 is 9.53 Å². The average Bonchev–Trinajstić information content (AvgIpc) is 2.36. The predicted octanol–water partition coefficient (Wildman–Crippen LogP) is 3.37. The highest BCUT2D eigenvalue weighted by atomic mass is 16.5. The number of ether oxygens (including phenoxy) is 1. The van der Waals surface area contributed by atoms with Crippen molar-refractivity contribution in [3.63, 3.8) is 0 Å². The van der Waals surface area contributed by atoms with Crippen molar-refractivity contribution in [2.45, 2.75) is 53.4 Å². The van der Waals surface area contributed by atoms with Crippen LogP contribution in [0.2, 0.25) is 0 Å². The number of esters is 1. The molecule has 4 nitrogen and oxygen atoms in total. The van der Waals surface area contributed by atoms with E-state index in [-0.39, 0.29) is 11.9 Å². The van der Waals surface area contributed by atoms with Crippen molar-refractivity contribution >= 4 is 5.97 Å². The van der Waals surface area contributed by atoms with Crippen molar-refractivity contribution in [2.24, 2.45) is 5.92 Å². The van der Waals surface area contributed by atoms with Crippen LogP contribution in [-0.2, 0) is 11.2 Å². The summed E-state index contributed by atoms with van der Waals surface area (Å²) in [6.45, 7) is 10.6. The van der Waals surface area contributed by atoms with Gasteiger partial charge in [-0.05, 0) is 25.2 Å². The molecule has 106 valence electrons. The summed E-state index contributed by atoms with van der Waals surface area (Å²) in [5.41, 5.74) is 1.28. The second kappa shape index (κ2) is 7.22. The molecule has 0 N–H and O–H groups in total. The van der Waals surface area contributed by atoms with E-state index >= 15 is 0 Å². The van der Waals surface area contributed by atoms with Gasteiger partial charge in [-0.3, -0.25) is 0 Å². The summed E-state index contributed by atoms with van der Waals surface area (Å²) in [6.07, 6.45) is 3.51. The maximum absolute atomic E-state index is 11.8. The second-order valence-electron chi connectivity index (χ2n) is 5.39. The topological polar surface area (TPSA) is 52.1 Å². The number of aryl methyl sites for hydroxylation is 1. The van der Waals surface area contributed by atoms with Crippen molar-refractivity contribution in [1.29, 1.82) is 0 Å². The molecule has 0 aliphatic heterocycles. The van der Waals surface area contributed by atoms with Gasteiger partial charge in [0.1, 0.15) is 5.82 Å². The van der Waals surface area contributed by atoms with Gasteiger partial charge in [-0.15, -0.1) is 0 Å². The van der Waals surface area contributed by atoms with E-state index in [1.165, 1.54) is 0 Å². The van der Waals surface area contributed by atoms with Crippen LogP contribution in [0, 0.1) is 5.92 Å². The summed E-state index contributed by atoms with van der Waals surface area (Å²) in [7, 11) is 0. The first-order valence-corrected chi connectivity index (χ1v) is 6.98. The third-order valence-electron chi connectivity index (χ3n) is 2.86. The number of nitrogens with zero attached hydrogens (tertiary/aromatic N) is 2. The number of carbonyl (C=O) groups is 1. The maximum atomic E-state index is 11.8. The number of rotatable bonds is 6. The zero-order chi connectivity index (χ0) is 14.4. The molecule has 19 heavy (non-hydrogen) atoms. The lowest BCUT2D eigenvalue weighted by atomic mass is 10.0. The summed E-state index contributed by atoms with van der Waals surface area (Å²) < 4.78 is 5.04. The van der Waals surface area contributed by atoms with Crippen LogP contribution in [0.5, 0.6) is 0 Å². The third kappa shape index (κ3) is 4.62. The number of hydrogen-bond donors (Lipinski definition) is 0. The molecule has 0 spiro atoms. The molecule has 0 saturated carbocycles. The van der Waals surface area contributed by atoms with Gasteiger partial charge >= 0.3 is 5.97 Å². The van der Waals surface area contributed by atoms with Gasteiger partial charge in [-0.25, -0.2) is 14.8 Å². The molecule has 4 heteroatoms. The summed E-state index contributed by atoms with van der Waals surface area (Å²) in [5, 5.41) is 0.